The van der Waals surface area contributed by atoms with Gasteiger partial charge in [0.05, 0.1) is 7.11 Å². The lowest BCUT2D eigenvalue weighted by atomic mass is 9.95. The molecule has 43 heavy (non-hydrogen) atoms. The van der Waals surface area contributed by atoms with Crippen molar-refractivity contribution in [2.75, 3.05) is 7.11 Å². The predicted molar refractivity (Wildman–Crippen MR) is 159 cm³/mol. The average molecular weight is 606 g/mol. The summed E-state index contributed by atoms with van der Waals surface area (Å²) in [5, 5.41) is 10.4. The summed E-state index contributed by atoms with van der Waals surface area (Å²) in [6.45, 7) is 10.3. The minimum atomic E-state index is -1.34. The Morgan fingerprint density at radius 1 is 0.884 bits per heavy atom. The van der Waals surface area contributed by atoms with E-state index in [1.54, 1.807) is 31.2 Å². The maximum atomic E-state index is 13.5. The molecule has 0 aliphatic heterocycles. The highest BCUT2D eigenvalue weighted by Gasteiger charge is 2.36. The number of benzene rings is 1. The van der Waals surface area contributed by atoms with Crippen molar-refractivity contribution in [3.63, 3.8) is 0 Å². The molecule has 1 rings (SSSR count). The largest absolute Gasteiger partial charge is 0.467 e. The molecule has 6 N–H and O–H groups in total. The van der Waals surface area contributed by atoms with Crippen molar-refractivity contribution in [2.24, 2.45) is 17.6 Å². The van der Waals surface area contributed by atoms with Crippen molar-refractivity contribution in [3.8, 4) is 0 Å². The number of methoxy groups -OCH3 is 1. The molecule has 13 nitrogen and oxygen atoms in total. The lowest BCUT2D eigenvalue weighted by Crippen LogP contribution is -2.61. The zero-order valence-corrected chi connectivity index (χ0v) is 26.2. The normalized spacial score (nSPS) is 14.0. The first-order valence-corrected chi connectivity index (χ1v) is 14.4. The summed E-state index contributed by atoms with van der Waals surface area (Å²) in [6, 6.07) is 5.59. The Morgan fingerprint density at radius 3 is 2.05 bits per heavy atom. The fraction of sp³-hybridized carbons (Fsp3) is 0.600. The molecule has 0 aliphatic carbocycles. The molecule has 0 saturated carbocycles. The number of alkyl carbamates (subject to hydrolysis) is 1. The van der Waals surface area contributed by atoms with E-state index in [-0.39, 0.29) is 37.7 Å². The first-order chi connectivity index (χ1) is 20.1. The molecule has 1 aromatic rings. The number of nitrogens with one attached hydrogen (secondary N) is 4. The van der Waals surface area contributed by atoms with Gasteiger partial charge in [0.1, 0.15) is 30.3 Å². The van der Waals surface area contributed by atoms with Gasteiger partial charge in [0.15, 0.2) is 0 Å². The van der Waals surface area contributed by atoms with Crippen LogP contribution in [0.4, 0.5) is 4.79 Å². The van der Waals surface area contributed by atoms with Gasteiger partial charge in [-0.1, -0.05) is 64.4 Å². The van der Waals surface area contributed by atoms with Crippen LogP contribution in [0.1, 0.15) is 72.8 Å². The van der Waals surface area contributed by atoms with Crippen LogP contribution >= 0.6 is 0 Å². The molecule has 0 aromatic heterocycles. The standard InChI is InChI=1S/C30H47N5O8/c1-8-19(4)24(27(39)32-22(16-18(2)3)26(38)35-30(5,6)28(40)42-7)34-25(37)21(14-15-23(31)36)33-29(41)43-17-20-12-10-9-11-13-20/h9-13,18-19,21-22,24H,8,14-17H2,1-7H3,(H2,31,36)(H,32,39)(H,33,41)(H,34,37)(H,35,38)/t19-,21-,22-,24-/m0/s1. The summed E-state index contributed by atoms with van der Waals surface area (Å²) >= 11 is 0. The van der Waals surface area contributed by atoms with Crippen LogP contribution in [-0.4, -0.2) is 66.5 Å². The fourth-order valence-corrected chi connectivity index (χ4v) is 4.08. The molecule has 0 spiro atoms. The highest BCUT2D eigenvalue weighted by molar-refractivity contribution is 5.95. The lowest BCUT2D eigenvalue weighted by Gasteiger charge is -2.30. The summed E-state index contributed by atoms with van der Waals surface area (Å²) < 4.78 is 9.97. The first kappa shape index (κ1) is 36.9. The predicted octanol–water partition coefficient (Wildman–Crippen LogP) is 1.68. The molecule has 0 unspecified atom stereocenters. The van der Waals surface area contributed by atoms with Gasteiger partial charge < -0.3 is 36.5 Å². The Kier molecular flexibility index (Phi) is 15.2. The molecule has 0 radical (unpaired) electrons. The number of amides is 5. The van der Waals surface area contributed by atoms with E-state index in [1.165, 1.54) is 21.0 Å². The van der Waals surface area contributed by atoms with Gasteiger partial charge in [-0.3, -0.25) is 19.2 Å². The molecule has 5 amide bonds. The Labute approximate surface area is 253 Å². The number of rotatable bonds is 17. The van der Waals surface area contributed by atoms with E-state index in [0.29, 0.717) is 6.42 Å². The van der Waals surface area contributed by atoms with Crippen LogP contribution < -0.4 is 27.0 Å². The fourth-order valence-electron chi connectivity index (χ4n) is 4.08. The van der Waals surface area contributed by atoms with Crippen LogP contribution in [0.15, 0.2) is 30.3 Å². The molecular formula is C30H47N5O8. The Hall–Kier alpha value is -4.16. The van der Waals surface area contributed by atoms with Crippen molar-refractivity contribution >= 4 is 35.7 Å². The number of carbonyl (C=O) groups is 6. The smallest absolute Gasteiger partial charge is 0.408 e. The molecule has 0 heterocycles. The van der Waals surface area contributed by atoms with Crippen molar-refractivity contribution in [2.45, 2.75) is 97.5 Å². The summed E-state index contributed by atoms with van der Waals surface area (Å²) in [7, 11) is 1.21. The van der Waals surface area contributed by atoms with E-state index < -0.39 is 59.4 Å². The zero-order chi connectivity index (χ0) is 32.7. The number of hydrogen-bond donors (Lipinski definition) is 5. The third-order valence-electron chi connectivity index (χ3n) is 6.77. The Morgan fingerprint density at radius 2 is 1.51 bits per heavy atom. The van der Waals surface area contributed by atoms with E-state index in [2.05, 4.69) is 21.3 Å². The summed E-state index contributed by atoms with van der Waals surface area (Å²) in [5.74, 6) is -3.65. The van der Waals surface area contributed by atoms with Gasteiger partial charge in [0.25, 0.3) is 0 Å². The highest BCUT2D eigenvalue weighted by Crippen LogP contribution is 2.13. The molecular weight excluding hydrogens is 558 g/mol. The minimum Gasteiger partial charge on any atom is -0.467 e. The van der Waals surface area contributed by atoms with Crippen LogP contribution in [0.2, 0.25) is 0 Å². The van der Waals surface area contributed by atoms with Gasteiger partial charge in [-0.05, 0) is 44.1 Å². The van der Waals surface area contributed by atoms with Crippen molar-refractivity contribution < 1.29 is 38.2 Å². The number of nitrogens with two attached hydrogens (primary N) is 1. The maximum Gasteiger partial charge on any atom is 0.408 e. The van der Waals surface area contributed by atoms with Crippen LogP contribution in [-0.2, 0) is 40.1 Å². The van der Waals surface area contributed by atoms with Gasteiger partial charge in [-0.15, -0.1) is 0 Å². The van der Waals surface area contributed by atoms with Crippen LogP contribution in [0.3, 0.4) is 0 Å². The number of esters is 1. The second-order valence-electron chi connectivity index (χ2n) is 11.4. The number of hydrogen-bond acceptors (Lipinski definition) is 8. The number of primary amides is 1. The molecule has 0 saturated heterocycles. The summed E-state index contributed by atoms with van der Waals surface area (Å²) in [5.41, 5.74) is 4.67. The van der Waals surface area contributed by atoms with Gasteiger partial charge >= 0.3 is 12.1 Å². The molecule has 0 fully saturated rings. The van der Waals surface area contributed by atoms with E-state index >= 15 is 0 Å². The van der Waals surface area contributed by atoms with Crippen LogP contribution in [0.25, 0.3) is 0 Å². The van der Waals surface area contributed by atoms with Gasteiger partial charge in [-0.25, -0.2) is 9.59 Å². The van der Waals surface area contributed by atoms with E-state index in [4.69, 9.17) is 15.2 Å². The highest BCUT2D eigenvalue weighted by atomic mass is 16.5. The second kappa shape index (κ2) is 17.7. The summed E-state index contributed by atoms with van der Waals surface area (Å²) in [6.07, 6.45) is -0.472. The van der Waals surface area contributed by atoms with E-state index in [9.17, 15) is 28.8 Å². The molecule has 13 heteroatoms. The van der Waals surface area contributed by atoms with Crippen molar-refractivity contribution in [1.29, 1.82) is 0 Å². The van der Waals surface area contributed by atoms with E-state index in [0.717, 1.165) is 5.56 Å². The topological polar surface area (TPSA) is 195 Å². The molecule has 4 atom stereocenters. The third-order valence-corrected chi connectivity index (χ3v) is 6.77. The van der Waals surface area contributed by atoms with Crippen molar-refractivity contribution in [1.82, 2.24) is 21.3 Å². The quantitative estimate of drug-likeness (QED) is 0.165. The monoisotopic (exact) mass is 605 g/mol. The van der Waals surface area contributed by atoms with Gasteiger partial charge in [0.2, 0.25) is 23.6 Å². The van der Waals surface area contributed by atoms with Gasteiger partial charge in [0, 0.05) is 6.42 Å². The second-order valence-corrected chi connectivity index (χ2v) is 11.4. The average Bonchev–Trinajstić information content (AvgIpc) is 2.95. The van der Waals surface area contributed by atoms with E-state index in [1.807, 2.05) is 26.8 Å². The first-order valence-electron chi connectivity index (χ1n) is 14.4. The van der Waals surface area contributed by atoms with Crippen LogP contribution in [0.5, 0.6) is 0 Å². The SMILES string of the molecule is CC[C@H](C)[C@H](NC(=O)[C@H](CCC(N)=O)NC(=O)OCc1ccccc1)C(=O)N[C@@H](CC(C)C)C(=O)NC(C)(C)C(=O)OC. The zero-order valence-electron chi connectivity index (χ0n) is 26.2. The molecule has 0 aliphatic rings. The number of ether oxygens (including phenoxy) is 2. The third kappa shape index (κ3) is 13.1. The minimum absolute atomic E-state index is 0.00166. The van der Waals surface area contributed by atoms with Gasteiger partial charge in [-0.2, -0.15) is 0 Å². The number of carbonyl (C=O) groups excluding carboxylic acids is 6. The Balaban J connectivity index is 3.09. The van der Waals surface area contributed by atoms with Crippen LogP contribution in [0, 0.1) is 11.8 Å². The molecule has 0 bridgehead atoms. The lowest BCUT2D eigenvalue weighted by molar-refractivity contribution is -0.149. The maximum absolute atomic E-state index is 13.5. The molecule has 1 aromatic carbocycles. The summed E-state index contributed by atoms with van der Waals surface area (Å²) in [4.78, 5) is 76.1. The molecule has 240 valence electrons. The van der Waals surface area contributed by atoms with Crippen molar-refractivity contribution in [3.05, 3.63) is 35.9 Å². The Bertz CT molecular complexity index is 1110.